The van der Waals surface area contributed by atoms with Crippen LogP contribution in [0.4, 0.5) is 4.79 Å². The topological polar surface area (TPSA) is 40.5 Å². The number of hydrogen-bond acceptors (Lipinski definition) is 1. The number of carbonyl (C=O) groups is 1. The van der Waals surface area contributed by atoms with Crippen molar-refractivity contribution in [1.29, 1.82) is 0 Å². The van der Waals surface area contributed by atoms with Crippen molar-refractivity contribution in [3.63, 3.8) is 0 Å². The maximum Gasteiger partial charge on any atom is 0.407 e. The summed E-state index contributed by atoms with van der Waals surface area (Å²) in [5, 5.41) is 8.83. The number of hydrogen-bond donors (Lipinski definition) is 1. The molecule has 0 aromatic heterocycles. The zero-order valence-electron chi connectivity index (χ0n) is 11.3. The lowest BCUT2D eigenvalue weighted by Crippen LogP contribution is -2.27. The Kier molecular flexibility index (Phi) is 4.16. The van der Waals surface area contributed by atoms with Gasteiger partial charge in [0.15, 0.2) is 0 Å². The SMILES string of the molecule is Cc1cc(C)c(C)c(CCN(C)C(=O)O)c1C. The fourth-order valence-corrected chi connectivity index (χ4v) is 2.05. The molecule has 1 amide bonds. The van der Waals surface area contributed by atoms with Crippen LogP contribution in [0.15, 0.2) is 6.07 Å². The monoisotopic (exact) mass is 235 g/mol. The molecule has 1 N–H and O–H groups in total. The van der Waals surface area contributed by atoms with E-state index < -0.39 is 6.09 Å². The molecule has 0 spiro atoms. The average molecular weight is 235 g/mol. The van der Waals surface area contributed by atoms with Gasteiger partial charge in [-0.2, -0.15) is 0 Å². The predicted molar refractivity (Wildman–Crippen MR) is 69.7 cm³/mol. The Bertz CT molecular complexity index is 412. The first-order valence-electron chi connectivity index (χ1n) is 5.85. The molecule has 1 aromatic rings. The minimum atomic E-state index is -0.871. The molecule has 3 nitrogen and oxygen atoms in total. The van der Waals surface area contributed by atoms with Gasteiger partial charge in [0, 0.05) is 13.6 Å². The Labute approximate surface area is 103 Å². The molecular weight excluding hydrogens is 214 g/mol. The summed E-state index contributed by atoms with van der Waals surface area (Å²) in [5.41, 5.74) is 6.41. The van der Waals surface area contributed by atoms with Crippen LogP contribution in [0.5, 0.6) is 0 Å². The molecular formula is C14H21NO2. The molecule has 1 aromatic carbocycles. The molecule has 94 valence electrons. The number of benzene rings is 1. The highest BCUT2D eigenvalue weighted by molar-refractivity contribution is 5.64. The first-order chi connectivity index (χ1) is 7.84. The van der Waals surface area contributed by atoms with Crippen molar-refractivity contribution in [2.75, 3.05) is 13.6 Å². The van der Waals surface area contributed by atoms with Gasteiger partial charge in [-0.1, -0.05) is 6.07 Å². The van der Waals surface area contributed by atoms with Crippen molar-refractivity contribution in [1.82, 2.24) is 4.90 Å². The van der Waals surface area contributed by atoms with E-state index in [1.165, 1.54) is 32.7 Å². The summed E-state index contributed by atoms with van der Waals surface area (Å²) in [6, 6.07) is 2.19. The first kappa shape index (κ1) is 13.6. The molecule has 17 heavy (non-hydrogen) atoms. The lowest BCUT2D eigenvalue weighted by Gasteiger charge is -2.18. The van der Waals surface area contributed by atoms with Crippen LogP contribution < -0.4 is 0 Å². The van der Waals surface area contributed by atoms with Gasteiger partial charge in [0.05, 0.1) is 0 Å². The van der Waals surface area contributed by atoms with Gasteiger partial charge in [-0.25, -0.2) is 4.79 Å². The number of nitrogens with zero attached hydrogens (tertiary/aromatic N) is 1. The summed E-state index contributed by atoms with van der Waals surface area (Å²) in [7, 11) is 1.61. The summed E-state index contributed by atoms with van der Waals surface area (Å²) in [6.45, 7) is 8.97. The normalized spacial score (nSPS) is 10.4. The molecule has 0 heterocycles. The molecule has 0 aliphatic carbocycles. The fraction of sp³-hybridized carbons (Fsp3) is 0.500. The summed E-state index contributed by atoms with van der Waals surface area (Å²) >= 11 is 0. The van der Waals surface area contributed by atoms with Crippen molar-refractivity contribution in [2.24, 2.45) is 0 Å². The highest BCUT2D eigenvalue weighted by Crippen LogP contribution is 2.22. The van der Waals surface area contributed by atoms with E-state index in [1.54, 1.807) is 7.05 Å². The van der Waals surface area contributed by atoms with Crippen molar-refractivity contribution >= 4 is 6.09 Å². The molecule has 0 aliphatic heterocycles. The molecule has 3 heteroatoms. The van der Waals surface area contributed by atoms with E-state index in [0.29, 0.717) is 6.54 Å². The standard InChI is InChI=1S/C14H21NO2/c1-9-8-10(2)12(4)13(11(9)3)6-7-15(5)14(16)17/h8H,6-7H2,1-5H3,(H,16,17). The minimum Gasteiger partial charge on any atom is -0.465 e. The van der Waals surface area contributed by atoms with Crippen molar-refractivity contribution in [3.05, 3.63) is 33.9 Å². The van der Waals surface area contributed by atoms with Crippen molar-refractivity contribution in [2.45, 2.75) is 34.1 Å². The average Bonchev–Trinajstić information content (AvgIpc) is 2.26. The third-order valence-corrected chi connectivity index (χ3v) is 3.55. The van der Waals surface area contributed by atoms with E-state index in [1.807, 2.05) is 0 Å². The summed E-state index contributed by atoms with van der Waals surface area (Å²) in [4.78, 5) is 12.1. The minimum absolute atomic E-state index is 0.542. The van der Waals surface area contributed by atoms with E-state index in [4.69, 9.17) is 5.11 Å². The van der Waals surface area contributed by atoms with Gasteiger partial charge in [-0.15, -0.1) is 0 Å². The Hall–Kier alpha value is -1.51. The van der Waals surface area contributed by atoms with Crippen LogP contribution in [-0.2, 0) is 6.42 Å². The maximum absolute atomic E-state index is 10.8. The van der Waals surface area contributed by atoms with E-state index in [0.717, 1.165) is 6.42 Å². The van der Waals surface area contributed by atoms with Gasteiger partial charge in [0.2, 0.25) is 0 Å². The number of amides is 1. The van der Waals surface area contributed by atoms with E-state index in [9.17, 15) is 4.79 Å². The van der Waals surface area contributed by atoms with Gasteiger partial charge in [0.1, 0.15) is 0 Å². The van der Waals surface area contributed by atoms with Crippen LogP contribution in [0, 0.1) is 27.7 Å². The molecule has 0 radical (unpaired) electrons. The Morgan fingerprint density at radius 3 is 2.06 bits per heavy atom. The largest absolute Gasteiger partial charge is 0.465 e. The van der Waals surface area contributed by atoms with Crippen LogP contribution in [-0.4, -0.2) is 29.7 Å². The summed E-state index contributed by atoms with van der Waals surface area (Å²) in [5.74, 6) is 0. The highest BCUT2D eigenvalue weighted by Gasteiger charge is 2.11. The van der Waals surface area contributed by atoms with Crippen molar-refractivity contribution in [3.8, 4) is 0 Å². The van der Waals surface area contributed by atoms with Crippen LogP contribution in [0.3, 0.4) is 0 Å². The molecule has 0 aliphatic rings. The predicted octanol–water partition coefficient (Wildman–Crippen LogP) is 3.07. The van der Waals surface area contributed by atoms with E-state index in [2.05, 4.69) is 33.8 Å². The number of carboxylic acid groups (broad SMARTS) is 1. The lowest BCUT2D eigenvalue weighted by atomic mass is 9.92. The highest BCUT2D eigenvalue weighted by atomic mass is 16.4. The quantitative estimate of drug-likeness (QED) is 0.874. The van der Waals surface area contributed by atoms with Crippen LogP contribution in [0.2, 0.25) is 0 Å². The smallest absolute Gasteiger partial charge is 0.407 e. The van der Waals surface area contributed by atoms with Crippen molar-refractivity contribution < 1.29 is 9.90 Å². The van der Waals surface area contributed by atoms with E-state index in [-0.39, 0.29) is 0 Å². The Balaban J connectivity index is 2.95. The summed E-state index contributed by atoms with van der Waals surface area (Å²) in [6.07, 6.45) is -0.0899. The molecule has 0 bridgehead atoms. The first-order valence-corrected chi connectivity index (χ1v) is 5.85. The maximum atomic E-state index is 10.8. The Morgan fingerprint density at radius 1 is 1.18 bits per heavy atom. The fourth-order valence-electron chi connectivity index (χ4n) is 2.05. The van der Waals surface area contributed by atoms with Gasteiger partial charge < -0.3 is 10.0 Å². The number of rotatable bonds is 3. The van der Waals surface area contributed by atoms with Crippen LogP contribution in [0.1, 0.15) is 27.8 Å². The molecule has 0 saturated heterocycles. The van der Waals surface area contributed by atoms with Gasteiger partial charge in [0.25, 0.3) is 0 Å². The van der Waals surface area contributed by atoms with Gasteiger partial charge in [-0.05, 0) is 61.9 Å². The summed E-state index contributed by atoms with van der Waals surface area (Å²) < 4.78 is 0. The van der Waals surface area contributed by atoms with Gasteiger partial charge >= 0.3 is 6.09 Å². The van der Waals surface area contributed by atoms with E-state index >= 15 is 0 Å². The number of likely N-dealkylation sites (N-methyl/N-ethyl adjacent to an activating group) is 1. The third-order valence-electron chi connectivity index (χ3n) is 3.55. The molecule has 0 unspecified atom stereocenters. The zero-order chi connectivity index (χ0) is 13.2. The van der Waals surface area contributed by atoms with Crippen LogP contribution in [0.25, 0.3) is 0 Å². The molecule has 0 atom stereocenters. The molecule has 1 rings (SSSR count). The number of aryl methyl sites for hydroxylation is 2. The second kappa shape index (κ2) is 5.21. The molecule has 0 saturated carbocycles. The molecule has 0 fully saturated rings. The second-order valence-electron chi connectivity index (χ2n) is 4.69. The third kappa shape index (κ3) is 2.99. The second-order valence-corrected chi connectivity index (χ2v) is 4.69. The van der Waals surface area contributed by atoms with Gasteiger partial charge in [-0.3, -0.25) is 0 Å². The van der Waals surface area contributed by atoms with Crippen LogP contribution >= 0.6 is 0 Å². The Morgan fingerprint density at radius 2 is 1.65 bits per heavy atom. The lowest BCUT2D eigenvalue weighted by molar-refractivity contribution is 0.156. The zero-order valence-corrected chi connectivity index (χ0v) is 11.3.